The lowest BCUT2D eigenvalue weighted by Gasteiger charge is -2.16. The van der Waals surface area contributed by atoms with Crippen molar-refractivity contribution in [2.24, 2.45) is 5.92 Å². The van der Waals surface area contributed by atoms with Gasteiger partial charge in [-0.1, -0.05) is 26.7 Å². The molecule has 1 heterocycles. The van der Waals surface area contributed by atoms with E-state index >= 15 is 0 Å². The normalized spacial score (nSPS) is 15.7. The third kappa shape index (κ3) is 4.51. The van der Waals surface area contributed by atoms with E-state index in [0.29, 0.717) is 11.6 Å². The standard InChI is InChI=1S/C16H25N3O/c1-3-9-17-15-8-7-13(11-18-15)16(20)19-14(4-2)10-12-5-6-12/h7-8,11-12,14H,3-6,9-10H2,1-2H3,(H,17,18)(H,19,20). The first-order valence-corrected chi connectivity index (χ1v) is 7.73. The smallest absolute Gasteiger partial charge is 0.253 e. The van der Waals surface area contributed by atoms with Crippen LogP contribution >= 0.6 is 0 Å². The number of amides is 1. The third-order valence-electron chi connectivity index (χ3n) is 3.72. The number of nitrogens with one attached hydrogen (secondary N) is 2. The summed E-state index contributed by atoms with van der Waals surface area (Å²) in [7, 11) is 0. The van der Waals surface area contributed by atoms with Crippen molar-refractivity contribution in [1.29, 1.82) is 0 Å². The van der Waals surface area contributed by atoms with E-state index in [1.54, 1.807) is 6.20 Å². The Morgan fingerprint density at radius 3 is 2.75 bits per heavy atom. The van der Waals surface area contributed by atoms with Gasteiger partial charge in [-0.15, -0.1) is 0 Å². The van der Waals surface area contributed by atoms with Crippen molar-refractivity contribution in [2.45, 2.75) is 52.0 Å². The molecule has 0 spiro atoms. The highest BCUT2D eigenvalue weighted by Crippen LogP contribution is 2.34. The van der Waals surface area contributed by atoms with Gasteiger partial charge in [-0.2, -0.15) is 0 Å². The zero-order valence-electron chi connectivity index (χ0n) is 12.5. The molecule has 1 fully saturated rings. The number of rotatable bonds is 8. The fraction of sp³-hybridized carbons (Fsp3) is 0.625. The lowest BCUT2D eigenvalue weighted by atomic mass is 10.1. The summed E-state index contributed by atoms with van der Waals surface area (Å²) < 4.78 is 0. The maximum atomic E-state index is 12.2. The van der Waals surface area contributed by atoms with Crippen LogP contribution in [0.4, 0.5) is 5.82 Å². The van der Waals surface area contributed by atoms with Gasteiger partial charge < -0.3 is 10.6 Å². The van der Waals surface area contributed by atoms with Crippen molar-refractivity contribution in [2.75, 3.05) is 11.9 Å². The molecular weight excluding hydrogens is 250 g/mol. The Balaban J connectivity index is 1.87. The lowest BCUT2D eigenvalue weighted by molar-refractivity contribution is 0.0932. The minimum atomic E-state index is -0.00737. The zero-order valence-corrected chi connectivity index (χ0v) is 12.5. The fourth-order valence-corrected chi connectivity index (χ4v) is 2.24. The minimum Gasteiger partial charge on any atom is -0.370 e. The molecule has 4 heteroatoms. The average Bonchev–Trinajstić information content (AvgIpc) is 3.28. The van der Waals surface area contributed by atoms with Gasteiger partial charge >= 0.3 is 0 Å². The van der Waals surface area contributed by atoms with Crippen LogP contribution in [0.3, 0.4) is 0 Å². The Kier molecular flexibility index (Phi) is 5.39. The molecule has 2 N–H and O–H groups in total. The predicted molar refractivity (Wildman–Crippen MR) is 81.9 cm³/mol. The minimum absolute atomic E-state index is 0.00737. The maximum absolute atomic E-state index is 12.2. The maximum Gasteiger partial charge on any atom is 0.253 e. The van der Waals surface area contributed by atoms with E-state index < -0.39 is 0 Å². The van der Waals surface area contributed by atoms with Crippen LogP contribution in [0.5, 0.6) is 0 Å². The second-order valence-corrected chi connectivity index (χ2v) is 5.62. The van der Waals surface area contributed by atoms with Crippen molar-refractivity contribution >= 4 is 11.7 Å². The van der Waals surface area contributed by atoms with Crippen molar-refractivity contribution in [1.82, 2.24) is 10.3 Å². The van der Waals surface area contributed by atoms with Gasteiger partial charge in [0, 0.05) is 18.8 Å². The highest BCUT2D eigenvalue weighted by Gasteiger charge is 2.25. The predicted octanol–water partition coefficient (Wildman–Crippen LogP) is 3.21. The summed E-state index contributed by atoms with van der Waals surface area (Å²) in [6.45, 7) is 5.14. The Morgan fingerprint density at radius 2 is 2.20 bits per heavy atom. The molecule has 1 unspecified atom stereocenters. The van der Waals surface area contributed by atoms with Gasteiger partial charge in [0.2, 0.25) is 0 Å². The summed E-state index contributed by atoms with van der Waals surface area (Å²) >= 11 is 0. The first-order chi connectivity index (χ1) is 9.72. The number of hydrogen-bond donors (Lipinski definition) is 2. The molecule has 0 saturated heterocycles. The van der Waals surface area contributed by atoms with Gasteiger partial charge in [-0.05, 0) is 37.3 Å². The number of carbonyl (C=O) groups is 1. The lowest BCUT2D eigenvalue weighted by Crippen LogP contribution is -2.34. The second-order valence-electron chi connectivity index (χ2n) is 5.62. The van der Waals surface area contributed by atoms with E-state index in [0.717, 1.165) is 37.5 Å². The largest absolute Gasteiger partial charge is 0.370 e. The molecule has 1 aromatic rings. The summed E-state index contributed by atoms with van der Waals surface area (Å²) in [4.78, 5) is 16.4. The Morgan fingerprint density at radius 1 is 1.40 bits per heavy atom. The molecule has 110 valence electrons. The first kappa shape index (κ1) is 14.8. The molecule has 0 bridgehead atoms. The number of aromatic nitrogens is 1. The van der Waals surface area contributed by atoms with E-state index in [4.69, 9.17) is 0 Å². The van der Waals surface area contributed by atoms with Crippen molar-refractivity contribution < 1.29 is 4.79 Å². The van der Waals surface area contributed by atoms with E-state index in [9.17, 15) is 4.79 Å². The molecule has 0 aliphatic heterocycles. The van der Waals surface area contributed by atoms with E-state index in [2.05, 4.69) is 29.5 Å². The molecule has 2 rings (SSSR count). The molecule has 1 saturated carbocycles. The van der Waals surface area contributed by atoms with Crippen LogP contribution in [-0.4, -0.2) is 23.5 Å². The van der Waals surface area contributed by atoms with Crippen LogP contribution in [0, 0.1) is 5.92 Å². The average molecular weight is 275 g/mol. The molecule has 1 amide bonds. The van der Waals surface area contributed by atoms with Gasteiger partial charge in [0.25, 0.3) is 5.91 Å². The molecule has 1 atom stereocenters. The number of anilines is 1. The number of nitrogens with zero attached hydrogens (tertiary/aromatic N) is 1. The number of carbonyl (C=O) groups excluding carboxylic acids is 1. The second kappa shape index (κ2) is 7.27. The zero-order chi connectivity index (χ0) is 14.4. The SMILES string of the molecule is CCCNc1ccc(C(=O)NC(CC)CC2CC2)cn1. The van der Waals surface area contributed by atoms with Gasteiger partial charge in [-0.25, -0.2) is 4.98 Å². The number of hydrogen-bond acceptors (Lipinski definition) is 3. The molecular formula is C16H25N3O. The Hall–Kier alpha value is -1.58. The van der Waals surface area contributed by atoms with Crippen LogP contribution in [-0.2, 0) is 0 Å². The van der Waals surface area contributed by atoms with E-state index in [1.807, 2.05) is 12.1 Å². The molecule has 1 aliphatic carbocycles. The summed E-state index contributed by atoms with van der Waals surface area (Å²) in [5.41, 5.74) is 0.640. The van der Waals surface area contributed by atoms with Gasteiger partial charge in [0.15, 0.2) is 0 Å². The Bertz CT molecular complexity index is 426. The van der Waals surface area contributed by atoms with Crippen molar-refractivity contribution in [3.63, 3.8) is 0 Å². The number of pyridine rings is 1. The molecule has 0 aromatic carbocycles. The molecule has 0 radical (unpaired) electrons. The summed E-state index contributed by atoms with van der Waals surface area (Å²) in [5, 5.41) is 6.32. The summed E-state index contributed by atoms with van der Waals surface area (Å²) in [6, 6.07) is 4.00. The van der Waals surface area contributed by atoms with Gasteiger partial charge in [0.05, 0.1) is 5.56 Å². The third-order valence-corrected chi connectivity index (χ3v) is 3.72. The monoisotopic (exact) mass is 275 g/mol. The van der Waals surface area contributed by atoms with Crippen LogP contribution in [0.2, 0.25) is 0 Å². The summed E-state index contributed by atoms with van der Waals surface area (Å²) in [5.74, 6) is 1.65. The Labute approximate surface area is 121 Å². The highest BCUT2D eigenvalue weighted by molar-refractivity contribution is 5.94. The fourth-order valence-electron chi connectivity index (χ4n) is 2.24. The van der Waals surface area contributed by atoms with Crippen molar-refractivity contribution in [3.8, 4) is 0 Å². The molecule has 1 aromatic heterocycles. The molecule has 1 aliphatic rings. The summed E-state index contributed by atoms with van der Waals surface area (Å²) in [6.07, 6.45) is 7.47. The van der Waals surface area contributed by atoms with Gasteiger partial charge in [-0.3, -0.25) is 4.79 Å². The first-order valence-electron chi connectivity index (χ1n) is 7.73. The van der Waals surface area contributed by atoms with Crippen LogP contribution in [0.15, 0.2) is 18.3 Å². The quantitative estimate of drug-likeness (QED) is 0.766. The van der Waals surface area contributed by atoms with E-state index in [1.165, 1.54) is 12.8 Å². The van der Waals surface area contributed by atoms with Crippen LogP contribution in [0.1, 0.15) is 56.3 Å². The van der Waals surface area contributed by atoms with E-state index in [-0.39, 0.29) is 5.91 Å². The van der Waals surface area contributed by atoms with Crippen LogP contribution in [0.25, 0.3) is 0 Å². The molecule has 20 heavy (non-hydrogen) atoms. The van der Waals surface area contributed by atoms with Crippen LogP contribution < -0.4 is 10.6 Å². The van der Waals surface area contributed by atoms with Crippen molar-refractivity contribution in [3.05, 3.63) is 23.9 Å². The highest BCUT2D eigenvalue weighted by atomic mass is 16.1. The topological polar surface area (TPSA) is 54.0 Å². The van der Waals surface area contributed by atoms with Gasteiger partial charge in [0.1, 0.15) is 5.82 Å². The molecule has 4 nitrogen and oxygen atoms in total.